The van der Waals surface area contributed by atoms with Crippen LogP contribution >= 0.6 is 0 Å². The van der Waals surface area contributed by atoms with Gasteiger partial charge in [-0.2, -0.15) is 0 Å². The summed E-state index contributed by atoms with van der Waals surface area (Å²) in [6.07, 6.45) is 8.26. The van der Waals surface area contributed by atoms with Crippen molar-refractivity contribution in [2.45, 2.75) is 25.4 Å². The molecule has 1 N–H and O–H groups in total. The van der Waals surface area contributed by atoms with Crippen molar-refractivity contribution < 1.29 is 19.4 Å². The summed E-state index contributed by atoms with van der Waals surface area (Å²) >= 11 is 0. The Bertz CT molecular complexity index is 1210. The van der Waals surface area contributed by atoms with Crippen LogP contribution in [-0.4, -0.2) is 38.3 Å². The molecule has 1 fully saturated rings. The van der Waals surface area contributed by atoms with E-state index in [1.807, 2.05) is 12.1 Å². The van der Waals surface area contributed by atoms with Gasteiger partial charge in [-0.15, -0.1) is 0 Å². The molecule has 7 heteroatoms. The van der Waals surface area contributed by atoms with E-state index in [1.54, 1.807) is 55.1 Å². The number of hydrogen-bond acceptors (Lipinski definition) is 6. The first-order chi connectivity index (χ1) is 15.6. The highest BCUT2D eigenvalue weighted by molar-refractivity contribution is 6.46. The number of nitrogens with zero attached hydrogens (tertiary/aromatic N) is 3. The third-order valence-corrected chi connectivity index (χ3v) is 5.80. The Hall–Kier alpha value is -4.00. The van der Waals surface area contributed by atoms with E-state index >= 15 is 0 Å². The highest BCUT2D eigenvalue weighted by Gasteiger charge is 2.46. The number of likely N-dealkylation sites (tertiary alicyclic amines) is 1. The molecule has 5 rings (SSSR count). The summed E-state index contributed by atoms with van der Waals surface area (Å²) < 4.78 is 5.65. The number of carbonyl (C=O) groups is 2. The van der Waals surface area contributed by atoms with E-state index in [1.165, 1.54) is 4.90 Å². The van der Waals surface area contributed by atoms with E-state index in [4.69, 9.17) is 4.74 Å². The van der Waals surface area contributed by atoms with E-state index in [-0.39, 0.29) is 17.9 Å². The lowest BCUT2D eigenvalue weighted by Gasteiger charge is -2.25. The molecular weight excluding hydrogens is 406 g/mol. The predicted octanol–water partition coefficient (Wildman–Crippen LogP) is 3.42. The van der Waals surface area contributed by atoms with Gasteiger partial charge in [0.15, 0.2) is 0 Å². The average molecular weight is 427 g/mol. The minimum Gasteiger partial charge on any atom is -0.507 e. The number of Topliss-reactive ketones (excluding diaryl/α,β-unsaturated/α-hetero) is 1. The van der Waals surface area contributed by atoms with E-state index in [0.717, 1.165) is 29.7 Å². The van der Waals surface area contributed by atoms with E-state index in [9.17, 15) is 14.7 Å². The summed E-state index contributed by atoms with van der Waals surface area (Å²) in [6.45, 7) is 0.853. The summed E-state index contributed by atoms with van der Waals surface area (Å²) in [5.41, 5.74) is 2.96. The zero-order valence-electron chi connectivity index (χ0n) is 17.3. The van der Waals surface area contributed by atoms with Crippen LogP contribution in [0.25, 0.3) is 5.76 Å². The second kappa shape index (κ2) is 8.26. The fourth-order valence-corrected chi connectivity index (χ4v) is 4.28. The summed E-state index contributed by atoms with van der Waals surface area (Å²) in [7, 11) is 0. The summed E-state index contributed by atoms with van der Waals surface area (Å²) in [5, 5.41) is 11.2. The zero-order chi connectivity index (χ0) is 22.1. The van der Waals surface area contributed by atoms with Gasteiger partial charge in [0.05, 0.1) is 18.2 Å². The van der Waals surface area contributed by atoms with Gasteiger partial charge >= 0.3 is 0 Å². The number of aliphatic hydroxyl groups is 1. The largest absolute Gasteiger partial charge is 0.507 e. The van der Waals surface area contributed by atoms with Crippen molar-refractivity contribution in [2.75, 3.05) is 6.61 Å². The number of benzene rings is 1. The highest BCUT2D eigenvalue weighted by Crippen LogP contribution is 2.40. The Labute approximate surface area is 185 Å². The van der Waals surface area contributed by atoms with Gasteiger partial charge in [0.2, 0.25) is 0 Å². The molecule has 3 aromatic rings. The molecule has 0 aliphatic carbocycles. The van der Waals surface area contributed by atoms with Crippen LogP contribution < -0.4 is 4.74 Å². The zero-order valence-corrected chi connectivity index (χ0v) is 17.3. The van der Waals surface area contributed by atoms with Gasteiger partial charge in [-0.05, 0) is 59.9 Å². The topological polar surface area (TPSA) is 92.6 Å². The van der Waals surface area contributed by atoms with Gasteiger partial charge in [0.1, 0.15) is 11.5 Å². The van der Waals surface area contributed by atoms with Crippen LogP contribution in [0.4, 0.5) is 0 Å². The molecule has 1 saturated heterocycles. The Morgan fingerprint density at radius 1 is 1.09 bits per heavy atom. The van der Waals surface area contributed by atoms with Gasteiger partial charge < -0.3 is 14.7 Å². The fraction of sp³-hybridized carbons (Fsp3) is 0.200. The lowest BCUT2D eigenvalue weighted by molar-refractivity contribution is -0.140. The maximum atomic E-state index is 13.1. The van der Waals surface area contributed by atoms with Gasteiger partial charge in [-0.25, -0.2) is 0 Å². The van der Waals surface area contributed by atoms with Crippen LogP contribution in [0.15, 0.2) is 72.8 Å². The van der Waals surface area contributed by atoms with E-state index < -0.39 is 17.7 Å². The molecule has 2 aliphatic rings. The maximum Gasteiger partial charge on any atom is 0.295 e. The second-order valence-corrected chi connectivity index (χ2v) is 7.85. The molecule has 32 heavy (non-hydrogen) atoms. The average Bonchev–Trinajstić information content (AvgIpc) is 3.09. The molecule has 0 saturated carbocycles. The van der Waals surface area contributed by atoms with Gasteiger partial charge in [-0.1, -0.05) is 12.1 Å². The normalized spacial score (nSPS) is 19.5. The summed E-state index contributed by atoms with van der Waals surface area (Å²) in [6, 6.07) is 11.8. The van der Waals surface area contributed by atoms with Crippen LogP contribution in [0.1, 0.15) is 34.7 Å². The Morgan fingerprint density at radius 3 is 2.66 bits per heavy atom. The molecule has 1 unspecified atom stereocenters. The smallest absolute Gasteiger partial charge is 0.295 e. The first kappa shape index (κ1) is 19.9. The molecule has 160 valence electrons. The van der Waals surface area contributed by atoms with Crippen LogP contribution in [-0.2, 0) is 22.6 Å². The van der Waals surface area contributed by atoms with Crippen molar-refractivity contribution in [3.63, 3.8) is 0 Å². The number of carbonyl (C=O) groups excluding carboxylic acids is 2. The quantitative estimate of drug-likeness (QED) is 0.390. The number of amides is 1. The number of rotatable bonds is 4. The van der Waals surface area contributed by atoms with Crippen molar-refractivity contribution in [3.05, 3.63) is 95.1 Å². The Balaban J connectivity index is 1.62. The lowest BCUT2D eigenvalue weighted by Crippen LogP contribution is -2.29. The number of aryl methyl sites for hydroxylation is 1. The SMILES string of the molecule is O=C1C(=O)N(Cc2cccnc2)C(c2cccnc2)/C1=C(/O)c1ccc2c(c1)CCCO2. The van der Waals surface area contributed by atoms with Crippen molar-refractivity contribution in [1.82, 2.24) is 14.9 Å². The maximum absolute atomic E-state index is 13.1. The molecule has 0 radical (unpaired) electrons. The van der Waals surface area contributed by atoms with Crippen molar-refractivity contribution in [3.8, 4) is 5.75 Å². The molecule has 4 heterocycles. The van der Waals surface area contributed by atoms with Crippen LogP contribution in [0.2, 0.25) is 0 Å². The van der Waals surface area contributed by atoms with Crippen molar-refractivity contribution in [2.24, 2.45) is 0 Å². The number of aromatic nitrogens is 2. The molecule has 0 spiro atoms. The van der Waals surface area contributed by atoms with Gasteiger partial charge in [-0.3, -0.25) is 19.6 Å². The number of ketones is 1. The van der Waals surface area contributed by atoms with Crippen LogP contribution in [0, 0.1) is 0 Å². The van der Waals surface area contributed by atoms with Gasteiger partial charge in [0.25, 0.3) is 11.7 Å². The van der Waals surface area contributed by atoms with Crippen LogP contribution in [0.3, 0.4) is 0 Å². The molecule has 2 aromatic heterocycles. The summed E-state index contributed by atoms with van der Waals surface area (Å²) in [5.74, 6) is -0.785. The Morgan fingerprint density at radius 2 is 1.91 bits per heavy atom. The van der Waals surface area contributed by atoms with Crippen LogP contribution in [0.5, 0.6) is 5.75 Å². The number of aliphatic hydroxyl groups excluding tert-OH is 1. The highest BCUT2D eigenvalue weighted by atomic mass is 16.5. The van der Waals surface area contributed by atoms with E-state index in [2.05, 4.69) is 9.97 Å². The molecule has 0 bridgehead atoms. The molecule has 1 amide bonds. The molecule has 2 aliphatic heterocycles. The molecular formula is C25H21N3O4. The third-order valence-electron chi connectivity index (χ3n) is 5.80. The number of hydrogen-bond donors (Lipinski definition) is 1. The minimum atomic E-state index is -0.754. The third kappa shape index (κ3) is 3.51. The van der Waals surface area contributed by atoms with E-state index in [0.29, 0.717) is 17.7 Å². The summed E-state index contributed by atoms with van der Waals surface area (Å²) in [4.78, 5) is 35.9. The molecule has 7 nitrogen and oxygen atoms in total. The fourth-order valence-electron chi connectivity index (χ4n) is 4.28. The number of ether oxygens (including phenoxy) is 1. The first-order valence-corrected chi connectivity index (χ1v) is 10.5. The van der Waals surface area contributed by atoms with Gasteiger partial charge in [0, 0.05) is 36.9 Å². The number of fused-ring (bicyclic) bond motifs is 1. The molecule has 1 atom stereocenters. The predicted molar refractivity (Wildman–Crippen MR) is 117 cm³/mol. The minimum absolute atomic E-state index is 0.0589. The lowest BCUT2D eigenvalue weighted by atomic mass is 9.94. The monoisotopic (exact) mass is 427 g/mol. The van der Waals surface area contributed by atoms with Crippen molar-refractivity contribution in [1.29, 1.82) is 0 Å². The number of pyridine rings is 2. The van der Waals surface area contributed by atoms with Crippen molar-refractivity contribution >= 4 is 17.4 Å². The Kier molecular flexibility index (Phi) is 5.15. The first-order valence-electron chi connectivity index (χ1n) is 10.5. The second-order valence-electron chi connectivity index (χ2n) is 7.85. The standard InChI is InChI=1S/C25H21N3O4/c29-23(18-7-8-20-17(12-18)6-3-11-32-20)21-22(19-5-2-10-27-14-19)28(25(31)24(21)30)15-16-4-1-9-26-13-16/h1-2,4-5,7-10,12-14,22,29H,3,6,11,15H2/b23-21-. The molecule has 1 aromatic carbocycles.